The summed E-state index contributed by atoms with van der Waals surface area (Å²) in [5.41, 5.74) is 3.04. The molecule has 1 heterocycles. The first-order valence-electron chi connectivity index (χ1n) is 7.32. The molecule has 2 rings (SSSR count). The van der Waals surface area contributed by atoms with Crippen LogP contribution in [-0.4, -0.2) is 29.3 Å². The molecule has 1 aromatic carbocycles. The Bertz CT molecular complexity index is 687. The second-order valence-corrected chi connectivity index (χ2v) is 5.56. The second-order valence-electron chi connectivity index (χ2n) is 5.56. The number of esters is 1. The fourth-order valence-electron chi connectivity index (χ4n) is 2.71. The van der Waals surface area contributed by atoms with Gasteiger partial charge >= 0.3 is 11.9 Å². The minimum absolute atomic E-state index is 0.0565. The van der Waals surface area contributed by atoms with Crippen molar-refractivity contribution in [3.05, 3.63) is 33.9 Å². The average molecular weight is 337 g/mol. The summed E-state index contributed by atoms with van der Waals surface area (Å²) in [5, 5.41) is 19.1. The van der Waals surface area contributed by atoms with Crippen molar-refractivity contribution < 1.29 is 29.3 Å². The molecule has 124 valence electrons. The lowest BCUT2D eigenvalue weighted by atomic mass is 10.9. The molecule has 0 bridgehead atoms. The van der Waals surface area contributed by atoms with Crippen molar-refractivity contribution in [2.24, 2.45) is 0 Å². The Kier molecular flexibility index (Phi) is 4.93. The first kappa shape index (κ1) is 16.9. The average Bonchev–Trinajstić information content (AvgIpc) is 2.89. The summed E-state index contributed by atoms with van der Waals surface area (Å²) >= 11 is 0. The van der Waals surface area contributed by atoms with Crippen molar-refractivity contribution in [3.63, 3.8) is 0 Å². The van der Waals surface area contributed by atoms with Gasteiger partial charge in [-0.15, -0.1) is 0 Å². The van der Waals surface area contributed by atoms with Gasteiger partial charge in [0.25, 0.3) is 0 Å². The van der Waals surface area contributed by atoms with Gasteiger partial charge in [-0.25, -0.2) is 4.79 Å². The SMILES string of the molecule is [13CH3]O[13c]1[13c]([13CH3])[13c]2[13c]([13c](O)[13c]1[13CH2]/[13CH]=[13C](\[13CH3])[13CH2][13CH2][13C](=O)O)[13C](=O)O[13CH2]2. The minimum Gasteiger partial charge on any atom is -0.507 e. The Morgan fingerprint density at radius 1 is 1.39 bits per heavy atom. The summed E-state index contributed by atoms with van der Waals surface area (Å²) in [4.78, 5) is 22.4. The van der Waals surface area contributed by atoms with Gasteiger partial charge in [-0.2, -0.15) is 0 Å². The Hall–Kier alpha value is -2.50. The van der Waals surface area contributed by atoms with Crippen molar-refractivity contribution in [2.45, 2.75) is 39.7 Å². The van der Waals surface area contributed by atoms with Gasteiger partial charge in [0.1, 0.15) is 23.7 Å². The lowest BCUT2D eigenvalue weighted by molar-refractivity contribution is -0.136. The normalized spacial score (nSPS) is 13.7. The lowest BCUT2D eigenvalue weighted by Gasteiger charge is -2.15. The molecule has 2 N–H and O–H groups in total. The summed E-state index contributed by atoms with van der Waals surface area (Å²) in [6.07, 6.45) is 2.68. The molecule has 1 aliphatic heterocycles. The fourth-order valence-corrected chi connectivity index (χ4v) is 2.71. The van der Waals surface area contributed by atoms with E-state index >= 15 is 0 Å². The minimum atomic E-state index is -0.853. The molecule has 1 aliphatic rings. The van der Waals surface area contributed by atoms with Crippen LogP contribution >= 0.6 is 0 Å². The zero-order valence-electron chi connectivity index (χ0n) is 13.4. The highest BCUT2D eigenvalue weighted by Crippen LogP contribution is 2.41. The molecule has 0 saturated carbocycles. The van der Waals surface area contributed by atoms with E-state index in [1.165, 1.54) is 7.11 Å². The number of allylic oxidation sites excluding steroid dienone is 2. The van der Waals surface area contributed by atoms with Crippen molar-refractivity contribution >= 4 is 11.9 Å². The van der Waals surface area contributed by atoms with E-state index in [1.54, 1.807) is 0 Å². The van der Waals surface area contributed by atoms with Crippen LogP contribution in [0, 0.1) is 6.92 Å². The molecule has 0 radical (unpaired) electrons. The van der Waals surface area contributed by atoms with E-state index in [9.17, 15) is 14.7 Å². The number of ether oxygens (including phenoxy) is 2. The maximum atomic E-state index is 11.8. The number of carbonyl (C=O) groups excluding carboxylic acids is 1. The van der Waals surface area contributed by atoms with Crippen LogP contribution in [0.25, 0.3) is 0 Å². The topological polar surface area (TPSA) is 93.1 Å². The quantitative estimate of drug-likeness (QED) is 0.471. The summed E-state index contributed by atoms with van der Waals surface area (Å²) in [7, 11) is 1.51. The number of hydrogen-bond donors (Lipinski definition) is 2. The Balaban J connectivity index is 2.37. The van der Waals surface area contributed by atoms with Crippen LogP contribution in [0.15, 0.2) is 11.6 Å². The number of hydrogen-bond acceptors (Lipinski definition) is 5. The molecular weight excluding hydrogens is 317 g/mol. The molecule has 6 nitrogen and oxygen atoms in total. The van der Waals surface area contributed by atoms with Gasteiger partial charge < -0.3 is 19.7 Å². The number of rotatable bonds is 6. The number of phenolic OH excluding ortho intramolecular Hbond substituents is 1. The molecule has 0 atom stereocenters. The van der Waals surface area contributed by atoms with Gasteiger partial charge in [0.2, 0.25) is 0 Å². The maximum absolute atomic E-state index is 11.8. The highest BCUT2D eigenvalue weighted by molar-refractivity contribution is 5.98. The first-order valence-corrected chi connectivity index (χ1v) is 7.32. The molecule has 0 fully saturated rings. The summed E-state index contributed by atoms with van der Waals surface area (Å²) < 4.78 is 10.4. The van der Waals surface area contributed by atoms with E-state index in [0.29, 0.717) is 29.7 Å². The predicted molar refractivity (Wildman–Crippen MR) is 82.8 cm³/mol. The molecule has 1 aromatic rings. The van der Waals surface area contributed by atoms with E-state index < -0.39 is 11.9 Å². The summed E-state index contributed by atoms with van der Waals surface area (Å²) in [5.74, 6) is -0.973. The largest absolute Gasteiger partial charge is 0.507 e. The van der Waals surface area contributed by atoms with Crippen molar-refractivity contribution in [2.75, 3.05) is 7.11 Å². The third kappa shape index (κ3) is 3.31. The smallest absolute Gasteiger partial charge is 0.342 e. The third-order valence-corrected chi connectivity index (χ3v) is 4.04. The number of benzene rings is 1. The molecule has 0 unspecified atom stereocenters. The van der Waals surface area contributed by atoms with E-state index in [4.69, 9.17) is 14.6 Å². The number of carbonyl (C=O) groups is 2. The molecule has 0 amide bonds. The van der Waals surface area contributed by atoms with Crippen molar-refractivity contribution in [1.82, 2.24) is 0 Å². The highest BCUT2D eigenvalue weighted by Gasteiger charge is 2.31. The fraction of sp³-hybridized carbons (Fsp3) is 0.412. The summed E-state index contributed by atoms with van der Waals surface area (Å²) in [6, 6.07) is 0. The lowest BCUT2D eigenvalue weighted by Crippen LogP contribution is -2.03. The third-order valence-electron chi connectivity index (χ3n) is 4.04. The Morgan fingerprint density at radius 3 is 2.70 bits per heavy atom. The van der Waals surface area contributed by atoms with Gasteiger partial charge in [0.15, 0.2) is 0 Å². The number of methoxy groups -OCH3 is 1. The number of phenols is 1. The number of carboxylic acid groups (broad SMARTS) is 1. The van der Waals surface area contributed by atoms with Gasteiger partial charge in [-0.1, -0.05) is 11.6 Å². The number of carboxylic acids is 1. The van der Waals surface area contributed by atoms with Crippen LogP contribution in [0.4, 0.5) is 0 Å². The van der Waals surface area contributed by atoms with Gasteiger partial charge in [-0.05, 0) is 32.3 Å². The zero-order chi connectivity index (χ0) is 17.1. The van der Waals surface area contributed by atoms with Crippen LogP contribution in [0.3, 0.4) is 0 Å². The monoisotopic (exact) mass is 337 g/mol. The van der Waals surface area contributed by atoms with Crippen LogP contribution < -0.4 is 4.74 Å². The van der Waals surface area contributed by atoms with E-state index in [0.717, 1.165) is 11.1 Å². The Morgan fingerprint density at radius 2 is 2.09 bits per heavy atom. The van der Waals surface area contributed by atoms with Crippen molar-refractivity contribution in [1.29, 1.82) is 0 Å². The molecule has 23 heavy (non-hydrogen) atoms. The molecular formula is C17H20O6. The maximum Gasteiger partial charge on any atom is 0.342 e. The summed E-state index contributed by atoms with van der Waals surface area (Å²) in [6.45, 7) is 3.79. The van der Waals surface area contributed by atoms with E-state index in [-0.39, 0.29) is 24.3 Å². The van der Waals surface area contributed by atoms with Gasteiger partial charge in [0.05, 0.1) is 7.11 Å². The second kappa shape index (κ2) is 6.73. The Labute approximate surface area is 134 Å². The van der Waals surface area contributed by atoms with E-state index in [2.05, 4.69) is 0 Å². The number of fused-ring (bicyclic) bond motifs is 1. The standard InChI is InChI=1S/C17H20O6/c1-9(5-7-13(18)19)4-6-11-15(20)14-12(8-23-17(14)21)10(2)16(11)22-3/h4,20H,5-8H2,1-3H3,(H,18,19)/b9-4+/i1+1,2+1,3+1,4+1,5+1,6+1,7+1,8+1,9+1,10+1,11+1,12+1,13+1,14+1,15+1,16+1,17+1. The van der Waals surface area contributed by atoms with Gasteiger partial charge in [0, 0.05) is 17.5 Å². The van der Waals surface area contributed by atoms with Crippen LogP contribution in [0.2, 0.25) is 0 Å². The predicted octanol–water partition coefficient (Wildman–Crippen LogP) is 2.73. The molecule has 0 spiro atoms. The molecule has 0 aromatic heterocycles. The highest BCUT2D eigenvalue weighted by atomic mass is 16.7. The molecule has 6 heteroatoms. The number of aromatic hydroxyl groups is 1. The van der Waals surface area contributed by atoms with Crippen LogP contribution in [0.1, 0.15) is 46.8 Å². The molecule has 0 aliphatic carbocycles. The number of cyclic esters (lactones) is 1. The van der Waals surface area contributed by atoms with Crippen LogP contribution in [0.5, 0.6) is 11.5 Å². The molecule has 0 saturated heterocycles. The number of aliphatic carboxylic acids is 1. The van der Waals surface area contributed by atoms with Crippen LogP contribution in [-0.2, 0) is 22.6 Å². The first-order chi connectivity index (χ1) is 10.9. The van der Waals surface area contributed by atoms with E-state index in [1.807, 2.05) is 19.9 Å². The zero-order valence-corrected chi connectivity index (χ0v) is 13.4. The van der Waals surface area contributed by atoms with Gasteiger partial charge in [-0.3, -0.25) is 4.79 Å². The van der Waals surface area contributed by atoms with Crippen molar-refractivity contribution in [3.8, 4) is 11.5 Å².